The van der Waals surface area contributed by atoms with Crippen molar-refractivity contribution in [3.05, 3.63) is 40.4 Å². The first kappa shape index (κ1) is 45.9. The monoisotopic (exact) mass is 777 g/mol. The quantitative estimate of drug-likeness (QED) is 0.106. The number of hydrogen-bond acceptors (Lipinski definition) is 12. The third-order valence-corrected chi connectivity index (χ3v) is 9.57. The van der Waals surface area contributed by atoms with E-state index < -0.39 is 58.8 Å². The van der Waals surface area contributed by atoms with Crippen molar-refractivity contribution in [2.75, 3.05) is 16.9 Å². The molecule has 1 heterocycles. The molecule has 1 aliphatic heterocycles. The number of anilines is 2. The van der Waals surface area contributed by atoms with Crippen LogP contribution in [0.4, 0.5) is 21.9 Å². The van der Waals surface area contributed by atoms with Gasteiger partial charge >= 0.3 is 65.2 Å². The summed E-state index contributed by atoms with van der Waals surface area (Å²) in [7, 11) is -10.0. The summed E-state index contributed by atoms with van der Waals surface area (Å²) in [5.41, 5.74) is -0.490. The topological polar surface area (TPSA) is 210 Å². The summed E-state index contributed by atoms with van der Waals surface area (Å²) in [6.07, 6.45) is 10.4. The van der Waals surface area contributed by atoms with Crippen LogP contribution in [0, 0.1) is 0 Å². The molecule has 2 aromatic rings. The second kappa shape index (κ2) is 21.4. The van der Waals surface area contributed by atoms with Crippen LogP contribution in [0.15, 0.2) is 55.5 Å². The van der Waals surface area contributed by atoms with Gasteiger partial charge in [-0.25, -0.2) is 21.6 Å². The molecule has 0 radical (unpaired) electrons. The first-order valence-electron chi connectivity index (χ1n) is 14.9. The van der Waals surface area contributed by atoms with Gasteiger partial charge < -0.3 is 13.8 Å². The molecule has 0 saturated carbocycles. The third kappa shape index (κ3) is 14.1. The molecule has 2 aromatic carbocycles. The second-order valence-corrected chi connectivity index (χ2v) is 14.3. The molecule has 20 heteroatoms. The van der Waals surface area contributed by atoms with E-state index in [0.717, 1.165) is 48.5 Å². The number of amides is 2. The summed E-state index contributed by atoms with van der Waals surface area (Å²) in [5.74, 6) is -0.835. The Morgan fingerprint density at radius 3 is 2.04 bits per heavy atom. The maximum Gasteiger partial charge on any atom is 1.00 e. The number of benzene rings is 2. The van der Waals surface area contributed by atoms with Gasteiger partial charge in [0.25, 0.3) is 5.91 Å². The average Bonchev–Trinajstić information content (AvgIpc) is 3.26. The number of halogens is 2. The van der Waals surface area contributed by atoms with Crippen molar-refractivity contribution >= 4 is 78.2 Å². The number of nitrogens with one attached hydrogen (secondary N) is 1. The van der Waals surface area contributed by atoms with Crippen molar-refractivity contribution in [1.29, 1.82) is 0 Å². The molecule has 1 N–H and O–H groups in total. The Bertz CT molecular complexity index is 1750. The van der Waals surface area contributed by atoms with Gasteiger partial charge in [-0.15, -0.1) is 0 Å². The van der Waals surface area contributed by atoms with Crippen molar-refractivity contribution in [2.45, 2.75) is 93.9 Å². The predicted octanol–water partition coefficient (Wildman–Crippen LogP) is 1.15. The van der Waals surface area contributed by atoms with Crippen LogP contribution in [-0.4, -0.2) is 56.3 Å². The molecule has 0 saturated heterocycles. The first-order chi connectivity index (χ1) is 22.1. The Kier molecular flexibility index (Phi) is 20.0. The van der Waals surface area contributed by atoms with Gasteiger partial charge in [0.15, 0.2) is 6.04 Å². The van der Waals surface area contributed by atoms with E-state index in [9.17, 15) is 35.5 Å². The van der Waals surface area contributed by atoms with Crippen molar-refractivity contribution < 1.29 is 99.4 Å². The fraction of sp³-hybridized carbons (Fsp3) is 0.483. The van der Waals surface area contributed by atoms with Crippen LogP contribution in [0.1, 0.15) is 78.1 Å². The minimum Gasteiger partial charge on any atom is -0.744 e. The van der Waals surface area contributed by atoms with E-state index >= 15 is 0 Å². The summed E-state index contributed by atoms with van der Waals surface area (Å²) < 4.78 is 75.1. The van der Waals surface area contributed by atoms with Gasteiger partial charge in [-0.1, -0.05) is 87.9 Å². The van der Waals surface area contributed by atoms with E-state index in [1.54, 1.807) is 0 Å². The SMILES string of the molecule is CCCCCCCCCCCCOC(=O)Nc1ccc(S(=O)(=O)[O-])c(N=NC2C(=O)N(c3cc(Cl)c(S(=O)(=O)[O-])cc3Cl)N=C2C)c1.[Na+].[Na+]. The van der Waals surface area contributed by atoms with Crippen molar-refractivity contribution in [2.24, 2.45) is 15.3 Å². The molecule has 258 valence electrons. The van der Waals surface area contributed by atoms with Gasteiger partial charge in [0.05, 0.1) is 37.8 Å². The number of hydrogen-bond donors (Lipinski definition) is 1. The van der Waals surface area contributed by atoms with Crippen LogP contribution in [0.5, 0.6) is 0 Å². The summed E-state index contributed by atoms with van der Waals surface area (Å²) in [4.78, 5) is 23.9. The number of nitrogens with zero attached hydrogens (tertiary/aromatic N) is 4. The Morgan fingerprint density at radius 1 is 0.898 bits per heavy atom. The van der Waals surface area contributed by atoms with E-state index in [1.165, 1.54) is 51.5 Å². The summed E-state index contributed by atoms with van der Waals surface area (Å²) in [6.45, 7) is 3.78. The molecule has 3 rings (SSSR count). The normalized spacial score (nSPS) is 14.7. The Labute approximate surface area is 340 Å². The van der Waals surface area contributed by atoms with Crippen molar-refractivity contribution in [3.63, 3.8) is 0 Å². The number of ether oxygens (including phenoxy) is 1. The van der Waals surface area contributed by atoms with Crippen LogP contribution >= 0.6 is 23.2 Å². The number of hydrazone groups is 1. The zero-order valence-electron chi connectivity index (χ0n) is 27.8. The van der Waals surface area contributed by atoms with Gasteiger partial charge in [0.2, 0.25) is 0 Å². The molecule has 2 amide bonds. The van der Waals surface area contributed by atoms with E-state index in [-0.39, 0.29) is 87.8 Å². The molecule has 1 aliphatic rings. The molecule has 1 atom stereocenters. The van der Waals surface area contributed by atoms with E-state index in [2.05, 4.69) is 27.6 Å². The summed E-state index contributed by atoms with van der Waals surface area (Å²) >= 11 is 12.0. The molecular formula is C29H35Cl2N5Na2O9S2. The first-order valence-corrected chi connectivity index (χ1v) is 18.5. The Morgan fingerprint density at radius 2 is 1.47 bits per heavy atom. The minimum atomic E-state index is -5.05. The summed E-state index contributed by atoms with van der Waals surface area (Å²) in [6, 6.07) is 3.54. The fourth-order valence-electron chi connectivity index (χ4n) is 4.65. The van der Waals surface area contributed by atoms with E-state index in [1.807, 2.05) is 0 Å². The maximum absolute atomic E-state index is 13.1. The van der Waals surface area contributed by atoms with Gasteiger partial charge in [0, 0.05) is 5.69 Å². The van der Waals surface area contributed by atoms with Gasteiger partial charge in [0.1, 0.15) is 25.9 Å². The Hall–Kier alpha value is -1.15. The number of carbonyl (C=O) groups excluding carboxylic acids is 2. The van der Waals surface area contributed by atoms with Crippen molar-refractivity contribution in [1.82, 2.24) is 0 Å². The molecule has 1 unspecified atom stereocenters. The molecule has 0 bridgehead atoms. The second-order valence-electron chi connectivity index (χ2n) is 10.8. The fourth-order valence-corrected chi connectivity index (χ4v) is 6.55. The van der Waals surface area contributed by atoms with Gasteiger partial charge in [-0.2, -0.15) is 20.3 Å². The number of unbranched alkanes of at least 4 members (excludes halogenated alkanes) is 9. The molecule has 49 heavy (non-hydrogen) atoms. The van der Waals surface area contributed by atoms with Crippen LogP contribution in [0.3, 0.4) is 0 Å². The van der Waals surface area contributed by atoms with E-state index in [0.29, 0.717) is 6.42 Å². The number of carbonyl (C=O) groups is 2. The largest absolute Gasteiger partial charge is 1.00 e. The third-order valence-electron chi connectivity index (χ3n) is 7.08. The van der Waals surface area contributed by atoms with Crippen molar-refractivity contribution in [3.8, 4) is 0 Å². The summed E-state index contributed by atoms with van der Waals surface area (Å²) in [5, 5.41) is 14.1. The molecule has 0 aromatic heterocycles. The van der Waals surface area contributed by atoms with Crippen LogP contribution < -0.4 is 69.4 Å². The zero-order chi connectivity index (χ0) is 34.8. The number of rotatable bonds is 17. The molecule has 0 aliphatic carbocycles. The number of azo groups is 1. The molecule has 0 fully saturated rings. The molecule has 0 spiro atoms. The molecule has 14 nitrogen and oxygen atoms in total. The Balaban J connectivity index is 0.00000600. The maximum atomic E-state index is 13.1. The van der Waals surface area contributed by atoms with Gasteiger partial charge in [-0.3, -0.25) is 10.1 Å². The van der Waals surface area contributed by atoms with Gasteiger partial charge in [-0.05, 0) is 43.7 Å². The molecular weight excluding hydrogens is 743 g/mol. The minimum absolute atomic E-state index is 0. The zero-order valence-corrected chi connectivity index (χ0v) is 34.9. The standard InChI is InChI=1S/C29H37Cl2N5O9S2.2Na/c1-3-4-5-6-7-8-9-10-11-12-15-45-29(38)32-20-13-14-25(46(39,40)41)23(16-20)33-34-27-19(2)35-36(28(27)37)24-17-22(31)26(18-21(24)30)47(42,43)44;;/h13-14,16-18,27H,3-12,15H2,1-2H3,(H,32,38)(H,39,40,41)(H,42,43,44);;/q;2*+1/p-2. The predicted molar refractivity (Wildman–Crippen MR) is 175 cm³/mol. The van der Waals surface area contributed by atoms with Crippen LogP contribution in [-0.2, 0) is 29.8 Å². The van der Waals surface area contributed by atoms with Crippen LogP contribution in [0.25, 0.3) is 0 Å². The van der Waals surface area contributed by atoms with Crippen LogP contribution in [0.2, 0.25) is 10.0 Å². The smallest absolute Gasteiger partial charge is 0.744 e. The van der Waals surface area contributed by atoms with E-state index in [4.69, 9.17) is 27.9 Å². The average molecular weight is 779 g/mol.